The zero-order valence-corrected chi connectivity index (χ0v) is 13.3. The summed E-state index contributed by atoms with van der Waals surface area (Å²) in [5.74, 6) is -0.198. The predicted octanol–water partition coefficient (Wildman–Crippen LogP) is 5.22. The second kappa shape index (κ2) is 10.2. The van der Waals surface area contributed by atoms with E-state index in [1.807, 2.05) is 39.0 Å². The van der Waals surface area contributed by atoms with Crippen LogP contribution in [-0.2, 0) is 0 Å². The summed E-state index contributed by atoms with van der Waals surface area (Å²) in [5.41, 5.74) is 1.16. The van der Waals surface area contributed by atoms with E-state index in [4.69, 9.17) is 23.2 Å². The first kappa shape index (κ1) is 18.4. The summed E-state index contributed by atoms with van der Waals surface area (Å²) in [4.78, 5) is 7.51. The summed E-state index contributed by atoms with van der Waals surface area (Å²) in [6, 6.07) is 0. The molecule has 0 aliphatic carbocycles. The molecule has 108 valence electrons. The van der Waals surface area contributed by atoms with Crippen molar-refractivity contribution < 1.29 is 5.11 Å². The second-order valence-corrected chi connectivity index (χ2v) is 3.95. The van der Waals surface area contributed by atoms with Gasteiger partial charge in [0.15, 0.2) is 10.9 Å². The van der Waals surface area contributed by atoms with E-state index < -0.39 is 0 Å². The van der Waals surface area contributed by atoms with Crippen LogP contribution in [0, 0.1) is 0 Å². The van der Waals surface area contributed by atoms with Crippen molar-refractivity contribution in [2.45, 2.75) is 20.8 Å². The number of halogens is 2. The van der Waals surface area contributed by atoms with Gasteiger partial charge in [0.05, 0.1) is 0 Å². The molecule has 1 rings (SSSR count). The fraction of sp³-hybridized carbons (Fsp3) is 0.200. The van der Waals surface area contributed by atoms with E-state index in [0.717, 1.165) is 5.57 Å². The van der Waals surface area contributed by atoms with Crippen LogP contribution in [0.5, 0.6) is 5.75 Å². The van der Waals surface area contributed by atoms with Gasteiger partial charge in [-0.05, 0) is 30.2 Å². The minimum atomic E-state index is -0.198. The first-order chi connectivity index (χ1) is 9.58. The minimum absolute atomic E-state index is 0.0160. The molecule has 0 fully saturated rings. The van der Waals surface area contributed by atoms with Crippen molar-refractivity contribution in [3.05, 3.63) is 58.7 Å². The lowest BCUT2D eigenvalue weighted by Gasteiger charge is -2.00. The fourth-order valence-corrected chi connectivity index (χ4v) is 1.60. The van der Waals surface area contributed by atoms with Crippen LogP contribution >= 0.6 is 23.2 Å². The Hall–Kier alpha value is -1.58. The Morgan fingerprint density at radius 1 is 1.20 bits per heavy atom. The maximum Gasteiger partial charge on any atom is 0.224 e. The van der Waals surface area contributed by atoms with Crippen molar-refractivity contribution in [1.82, 2.24) is 9.97 Å². The number of nitrogens with zero attached hydrogens (tertiary/aromatic N) is 2. The van der Waals surface area contributed by atoms with Crippen molar-refractivity contribution in [1.29, 1.82) is 0 Å². The lowest BCUT2D eigenvalue weighted by molar-refractivity contribution is 0.468. The topological polar surface area (TPSA) is 46.0 Å². The molecule has 0 saturated heterocycles. The third-order valence-corrected chi connectivity index (χ3v) is 2.38. The Kier molecular flexibility index (Phi) is 9.43. The van der Waals surface area contributed by atoms with E-state index in [9.17, 15) is 5.11 Å². The van der Waals surface area contributed by atoms with Gasteiger partial charge in [-0.25, -0.2) is 9.97 Å². The summed E-state index contributed by atoms with van der Waals surface area (Å²) < 4.78 is 0. The highest BCUT2D eigenvalue weighted by molar-refractivity contribution is 6.32. The van der Waals surface area contributed by atoms with E-state index in [0.29, 0.717) is 0 Å². The molecule has 3 nitrogen and oxygen atoms in total. The quantitative estimate of drug-likeness (QED) is 0.471. The molecular formula is C15H18Cl2N2O. The Bertz CT molecular complexity index is 535. The fourth-order valence-electron chi connectivity index (χ4n) is 1.20. The van der Waals surface area contributed by atoms with Crippen molar-refractivity contribution in [3.8, 4) is 5.75 Å². The van der Waals surface area contributed by atoms with Crippen LogP contribution in [0.2, 0.25) is 10.4 Å². The molecular weight excluding hydrogens is 295 g/mol. The largest absolute Gasteiger partial charge is 0.503 e. The average molecular weight is 313 g/mol. The second-order valence-electron chi connectivity index (χ2n) is 3.25. The molecule has 20 heavy (non-hydrogen) atoms. The van der Waals surface area contributed by atoms with Crippen molar-refractivity contribution in [3.63, 3.8) is 0 Å². The standard InChI is InChI=1S/C13H12Cl2N2O.C2H6/c1-3-5-9(6-4-2)7-8-10-11(18)12(14)17-13(15)16-10;1-2/h3-8,18H,1H2,2H3;1-2H3/b6-4-,8-7+,9-5+;. The van der Waals surface area contributed by atoms with Gasteiger partial charge >= 0.3 is 0 Å². The van der Waals surface area contributed by atoms with Gasteiger partial charge in [-0.3, -0.25) is 0 Å². The van der Waals surface area contributed by atoms with Crippen LogP contribution in [0.3, 0.4) is 0 Å². The van der Waals surface area contributed by atoms with E-state index >= 15 is 0 Å². The summed E-state index contributed by atoms with van der Waals surface area (Å²) >= 11 is 11.4. The van der Waals surface area contributed by atoms with E-state index in [1.54, 1.807) is 18.2 Å². The summed E-state index contributed by atoms with van der Waals surface area (Å²) in [6.45, 7) is 9.53. The molecule has 1 aromatic rings. The molecule has 0 saturated carbocycles. The molecule has 0 bridgehead atoms. The number of aromatic nitrogens is 2. The number of hydrogen-bond acceptors (Lipinski definition) is 3. The van der Waals surface area contributed by atoms with E-state index in [1.165, 1.54) is 0 Å². The van der Waals surface area contributed by atoms with Gasteiger partial charge in [-0.15, -0.1) is 0 Å². The summed E-state index contributed by atoms with van der Waals surface area (Å²) in [5, 5.41) is 9.58. The molecule has 0 spiro atoms. The average Bonchev–Trinajstić information content (AvgIpc) is 2.43. The lowest BCUT2D eigenvalue weighted by atomic mass is 10.2. The highest BCUT2D eigenvalue weighted by Crippen LogP contribution is 2.26. The molecule has 5 heteroatoms. The van der Waals surface area contributed by atoms with Gasteiger partial charge < -0.3 is 5.11 Å². The van der Waals surface area contributed by atoms with Gasteiger partial charge in [-0.1, -0.05) is 62.4 Å². The van der Waals surface area contributed by atoms with Crippen LogP contribution < -0.4 is 0 Å². The first-order valence-corrected chi connectivity index (χ1v) is 6.89. The highest BCUT2D eigenvalue weighted by atomic mass is 35.5. The smallest absolute Gasteiger partial charge is 0.224 e. The van der Waals surface area contributed by atoms with Crippen molar-refractivity contribution >= 4 is 29.3 Å². The van der Waals surface area contributed by atoms with Gasteiger partial charge in [0.25, 0.3) is 0 Å². The molecule has 0 radical (unpaired) electrons. The number of allylic oxidation sites excluding steroid dienone is 6. The third kappa shape index (κ3) is 6.04. The van der Waals surface area contributed by atoms with Gasteiger partial charge in [0, 0.05) is 0 Å². The SMILES string of the molecule is C=C/C=C(\C=C/C)/C=C/c1nc(Cl)nc(Cl)c1O.CC. The molecule has 0 aromatic carbocycles. The monoisotopic (exact) mass is 312 g/mol. The normalized spacial score (nSPS) is 11.6. The van der Waals surface area contributed by atoms with E-state index in [2.05, 4.69) is 16.5 Å². The maximum atomic E-state index is 9.67. The third-order valence-electron chi connectivity index (χ3n) is 1.94. The molecule has 0 unspecified atom stereocenters. The zero-order valence-electron chi connectivity index (χ0n) is 11.8. The van der Waals surface area contributed by atoms with Crippen LogP contribution in [0.25, 0.3) is 6.08 Å². The Morgan fingerprint density at radius 2 is 1.85 bits per heavy atom. The van der Waals surface area contributed by atoms with Crippen LogP contribution in [0.4, 0.5) is 0 Å². The summed E-state index contributed by atoms with van der Waals surface area (Å²) in [7, 11) is 0. The van der Waals surface area contributed by atoms with Gasteiger partial charge in [-0.2, -0.15) is 0 Å². The maximum absolute atomic E-state index is 9.67. The lowest BCUT2D eigenvalue weighted by Crippen LogP contribution is -1.89. The minimum Gasteiger partial charge on any atom is -0.503 e. The molecule has 0 aliphatic heterocycles. The molecule has 0 aliphatic rings. The Balaban J connectivity index is 0.00000172. The number of rotatable bonds is 4. The number of hydrogen-bond donors (Lipinski definition) is 1. The van der Waals surface area contributed by atoms with Crippen molar-refractivity contribution in [2.24, 2.45) is 0 Å². The summed E-state index contributed by atoms with van der Waals surface area (Å²) in [6.07, 6.45) is 10.6. The Morgan fingerprint density at radius 3 is 2.40 bits per heavy atom. The van der Waals surface area contributed by atoms with Crippen LogP contribution in [0.15, 0.2) is 42.5 Å². The molecule has 1 aromatic heterocycles. The number of aromatic hydroxyl groups is 1. The Labute approximate surface area is 130 Å². The molecule has 1 heterocycles. The first-order valence-electron chi connectivity index (χ1n) is 6.14. The van der Waals surface area contributed by atoms with Crippen LogP contribution in [-0.4, -0.2) is 15.1 Å². The molecule has 1 N–H and O–H groups in total. The van der Waals surface area contributed by atoms with Gasteiger partial charge in [0.1, 0.15) is 5.69 Å². The highest BCUT2D eigenvalue weighted by Gasteiger charge is 2.08. The van der Waals surface area contributed by atoms with Gasteiger partial charge in [0.2, 0.25) is 5.28 Å². The molecule has 0 amide bonds. The van der Waals surface area contributed by atoms with E-state index in [-0.39, 0.29) is 21.9 Å². The molecule has 0 atom stereocenters. The zero-order chi connectivity index (χ0) is 15.5. The predicted molar refractivity (Wildman–Crippen MR) is 87.2 cm³/mol. The van der Waals surface area contributed by atoms with Crippen molar-refractivity contribution in [2.75, 3.05) is 0 Å². The van der Waals surface area contributed by atoms with Crippen LogP contribution in [0.1, 0.15) is 26.5 Å².